The van der Waals surface area contributed by atoms with Gasteiger partial charge in [0.25, 0.3) is 0 Å². The fraction of sp³-hybridized carbons (Fsp3) is 0.812. The summed E-state index contributed by atoms with van der Waals surface area (Å²) < 4.78 is 5.14. The number of ether oxygens (including phenoxy) is 1. The van der Waals surface area contributed by atoms with Crippen LogP contribution < -0.4 is 0 Å². The molecular formula is C16H30O2. The van der Waals surface area contributed by atoms with Gasteiger partial charge in [0.05, 0.1) is 6.61 Å². The molecule has 0 heterocycles. The molecule has 2 heteroatoms. The molecule has 0 aromatic heterocycles. The predicted molar refractivity (Wildman–Crippen MR) is 77.5 cm³/mol. The third-order valence-corrected chi connectivity index (χ3v) is 3.40. The zero-order valence-electron chi connectivity index (χ0n) is 12.5. The van der Waals surface area contributed by atoms with E-state index in [4.69, 9.17) is 4.74 Å². The molecule has 0 fully saturated rings. The Morgan fingerprint density at radius 1 is 1.11 bits per heavy atom. The molecule has 106 valence electrons. The normalized spacial score (nSPS) is 12.2. The molecule has 0 radical (unpaired) electrons. The van der Waals surface area contributed by atoms with Crippen LogP contribution >= 0.6 is 0 Å². The van der Waals surface area contributed by atoms with Crippen molar-refractivity contribution in [2.75, 3.05) is 6.61 Å². The number of carbonyl (C=O) groups is 1. The number of hydrogen-bond donors (Lipinski definition) is 0. The van der Waals surface area contributed by atoms with Gasteiger partial charge in [-0.05, 0) is 19.3 Å². The highest BCUT2D eigenvalue weighted by Gasteiger charge is 2.08. The van der Waals surface area contributed by atoms with Gasteiger partial charge in [-0.15, -0.1) is 0 Å². The van der Waals surface area contributed by atoms with E-state index in [1.54, 1.807) is 6.92 Å². The summed E-state index contributed by atoms with van der Waals surface area (Å²) in [4.78, 5) is 11.2. The van der Waals surface area contributed by atoms with Crippen molar-refractivity contribution in [3.05, 3.63) is 12.2 Å². The van der Waals surface area contributed by atoms with E-state index in [9.17, 15) is 4.79 Å². The molecule has 0 saturated heterocycles. The summed E-state index contributed by atoms with van der Waals surface area (Å²) in [6, 6.07) is 0. The third-order valence-electron chi connectivity index (χ3n) is 3.40. The Labute approximate surface area is 113 Å². The Morgan fingerprint density at radius 2 is 1.78 bits per heavy atom. The van der Waals surface area contributed by atoms with Gasteiger partial charge in [-0.2, -0.15) is 0 Å². The van der Waals surface area contributed by atoms with Crippen molar-refractivity contribution in [1.29, 1.82) is 0 Å². The molecule has 1 unspecified atom stereocenters. The molecule has 0 bridgehead atoms. The minimum absolute atomic E-state index is 0.257. The Balaban J connectivity index is 3.58. The molecule has 0 aliphatic heterocycles. The Morgan fingerprint density at radius 3 is 2.33 bits per heavy atom. The lowest BCUT2D eigenvalue weighted by molar-refractivity contribution is -0.139. The number of unbranched alkanes of at least 4 members (excludes halogenated alkanes) is 4. The fourth-order valence-electron chi connectivity index (χ4n) is 2.03. The van der Waals surface area contributed by atoms with Crippen LogP contribution in [0.15, 0.2) is 12.2 Å². The van der Waals surface area contributed by atoms with Crippen LogP contribution in [0.25, 0.3) is 0 Å². The van der Waals surface area contributed by atoms with Crippen molar-refractivity contribution >= 4 is 5.97 Å². The van der Waals surface area contributed by atoms with Crippen LogP contribution in [0.1, 0.15) is 72.1 Å². The molecule has 0 N–H and O–H groups in total. The maximum atomic E-state index is 11.2. The molecule has 0 aliphatic carbocycles. The van der Waals surface area contributed by atoms with Crippen LogP contribution in [-0.2, 0) is 9.53 Å². The SMILES string of the molecule is C=C(C)C(=O)OCCC(CC)CCCCCCC. The minimum Gasteiger partial charge on any atom is -0.462 e. The topological polar surface area (TPSA) is 26.3 Å². The average Bonchev–Trinajstić information content (AvgIpc) is 2.36. The first-order valence-electron chi connectivity index (χ1n) is 7.44. The summed E-state index contributed by atoms with van der Waals surface area (Å²) in [5.41, 5.74) is 0.489. The molecule has 0 aliphatic rings. The van der Waals surface area contributed by atoms with Gasteiger partial charge in [-0.3, -0.25) is 0 Å². The Kier molecular flexibility index (Phi) is 10.8. The van der Waals surface area contributed by atoms with Gasteiger partial charge in [-0.1, -0.05) is 65.4 Å². The lowest BCUT2D eigenvalue weighted by Crippen LogP contribution is -2.10. The highest BCUT2D eigenvalue weighted by atomic mass is 16.5. The quantitative estimate of drug-likeness (QED) is 0.298. The summed E-state index contributed by atoms with van der Waals surface area (Å²) in [5, 5.41) is 0. The molecule has 2 nitrogen and oxygen atoms in total. The van der Waals surface area contributed by atoms with Crippen LogP contribution in [0.5, 0.6) is 0 Å². The maximum Gasteiger partial charge on any atom is 0.333 e. The number of rotatable bonds is 11. The lowest BCUT2D eigenvalue weighted by atomic mass is 9.95. The number of carbonyl (C=O) groups excluding carboxylic acids is 1. The largest absolute Gasteiger partial charge is 0.462 e. The first-order chi connectivity index (χ1) is 8.61. The standard InChI is InChI=1S/C16H30O2/c1-5-7-8-9-10-11-15(6-2)12-13-18-16(17)14(3)4/h15H,3,5-13H2,1-2,4H3. The van der Waals surface area contributed by atoms with Crippen LogP contribution in [0.2, 0.25) is 0 Å². The van der Waals surface area contributed by atoms with Gasteiger partial charge >= 0.3 is 5.97 Å². The van der Waals surface area contributed by atoms with E-state index < -0.39 is 0 Å². The Bertz CT molecular complexity index is 233. The van der Waals surface area contributed by atoms with Crippen LogP contribution in [0.3, 0.4) is 0 Å². The van der Waals surface area contributed by atoms with Gasteiger partial charge < -0.3 is 4.74 Å². The minimum atomic E-state index is -0.257. The summed E-state index contributed by atoms with van der Waals surface area (Å²) in [7, 11) is 0. The zero-order valence-corrected chi connectivity index (χ0v) is 12.5. The summed E-state index contributed by atoms with van der Waals surface area (Å²) in [6.07, 6.45) is 10.1. The van der Waals surface area contributed by atoms with Gasteiger partial charge in [0.2, 0.25) is 0 Å². The second-order valence-electron chi connectivity index (χ2n) is 5.18. The van der Waals surface area contributed by atoms with Crippen LogP contribution in [-0.4, -0.2) is 12.6 Å². The highest BCUT2D eigenvalue weighted by molar-refractivity contribution is 5.86. The zero-order chi connectivity index (χ0) is 13.8. The lowest BCUT2D eigenvalue weighted by Gasteiger charge is -2.14. The second kappa shape index (κ2) is 11.3. The van der Waals surface area contributed by atoms with E-state index in [0.29, 0.717) is 18.1 Å². The molecule has 0 aromatic carbocycles. The van der Waals surface area contributed by atoms with E-state index in [1.807, 2.05) is 0 Å². The van der Waals surface area contributed by atoms with Gasteiger partial charge in [-0.25, -0.2) is 4.79 Å². The van der Waals surface area contributed by atoms with Crippen molar-refractivity contribution in [1.82, 2.24) is 0 Å². The smallest absolute Gasteiger partial charge is 0.333 e. The van der Waals surface area contributed by atoms with Gasteiger partial charge in [0.1, 0.15) is 0 Å². The van der Waals surface area contributed by atoms with E-state index >= 15 is 0 Å². The predicted octanol–water partition coefficient (Wildman–Crippen LogP) is 4.88. The van der Waals surface area contributed by atoms with Gasteiger partial charge in [0.15, 0.2) is 0 Å². The average molecular weight is 254 g/mol. The molecule has 0 saturated carbocycles. The van der Waals surface area contributed by atoms with E-state index in [-0.39, 0.29) is 5.97 Å². The fourth-order valence-corrected chi connectivity index (χ4v) is 2.03. The van der Waals surface area contributed by atoms with Crippen molar-refractivity contribution < 1.29 is 9.53 Å². The maximum absolute atomic E-state index is 11.2. The Hall–Kier alpha value is -0.790. The second-order valence-corrected chi connectivity index (χ2v) is 5.18. The van der Waals surface area contributed by atoms with Crippen molar-refractivity contribution in [3.8, 4) is 0 Å². The van der Waals surface area contributed by atoms with E-state index in [2.05, 4.69) is 20.4 Å². The highest BCUT2D eigenvalue weighted by Crippen LogP contribution is 2.18. The molecular weight excluding hydrogens is 224 g/mol. The number of esters is 1. The molecule has 18 heavy (non-hydrogen) atoms. The molecule has 0 rings (SSSR count). The summed E-state index contributed by atoms with van der Waals surface area (Å²) >= 11 is 0. The van der Waals surface area contributed by atoms with Gasteiger partial charge in [0, 0.05) is 5.57 Å². The van der Waals surface area contributed by atoms with E-state index in [1.165, 1.54) is 44.9 Å². The van der Waals surface area contributed by atoms with Crippen LogP contribution in [0, 0.1) is 5.92 Å². The van der Waals surface area contributed by atoms with Crippen molar-refractivity contribution in [2.24, 2.45) is 5.92 Å². The monoisotopic (exact) mass is 254 g/mol. The summed E-state index contributed by atoms with van der Waals surface area (Å²) in [6.45, 7) is 10.3. The first kappa shape index (κ1) is 17.2. The third kappa shape index (κ3) is 9.26. The molecule has 0 aromatic rings. The van der Waals surface area contributed by atoms with Crippen molar-refractivity contribution in [2.45, 2.75) is 72.1 Å². The summed E-state index contributed by atoms with van der Waals surface area (Å²) in [5.74, 6) is 0.442. The number of hydrogen-bond acceptors (Lipinski definition) is 2. The van der Waals surface area contributed by atoms with E-state index in [0.717, 1.165) is 6.42 Å². The first-order valence-corrected chi connectivity index (χ1v) is 7.44. The molecule has 1 atom stereocenters. The molecule has 0 amide bonds. The van der Waals surface area contributed by atoms with Crippen molar-refractivity contribution in [3.63, 3.8) is 0 Å². The molecule has 0 spiro atoms. The van der Waals surface area contributed by atoms with Crippen LogP contribution in [0.4, 0.5) is 0 Å².